The molecule has 0 unspecified atom stereocenters. The van der Waals surface area contributed by atoms with Gasteiger partial charge in [0.15, 0.2) is 0 Å². The highest BCUT2D eigenvalue weighted by molar-refractivity contribution is 9.10. The molecule has 1 fully saturated rings. The summed E-state index contributed by atoms with van der Waals surface area (Å²) in [5, 5.41) is 4.65. The van der Waals surface area contributed by atoms with Gasteiger partial charge in [-0.25, -0.2) is 8.42 Å². The Kier molecular flexibility index (Phi) is 6.48. The molecule has 0 saturated carbocycles. The van der Waals surface area contributed by atoms with Crippen LogP contribution in [0.5, 0.6) is 0 Å². The molecule has 1 aliphatic rings. The lowest BCUT2D eigenvalue weighted by Crippen LogP contribution is -2.43. The highest BCUT2D eigenvalue weighted by atomic mass is 79.9. The smallest absolute Gasteiger partial charge is 0.243 e. The van der Waals surface area contributed by atoms with Crippen molar-refractivity contribution in [3.8, 4) is 0 Å². The van der Waals surface area contributed by atoms with Crippen molar-refractivity contribution in [3.63, 3.8) is 0 Å². The van der Waals surface area contributed by atoms with Gasteiger partial charge in [0.05, 0.1) is 27.8 Å². The van der Waals surface area contributed by atoms with E-state index in [1.165, 1.54) is 16.4 Å². The molecule has 1 aliphatic heterocycles. The minimum absolute atomic E-state index is 0.0247. The molecule has 152 valence electrons. The predicted octanol–water partition coefficient (Wildman–Crippen LogP) is 2.90. The van der Waals surface area contributed by atoms with E-state index in [1.54, 1.807) is 35.0 Å². The van der Waals surface area contributed by atoms with Gasteiger partial charge in [0.25, 0.3) is 0 Å². The number of hydrogen-bond donors (Lipinski definition) is 0. The molecule has 28 heavy (non-hydrogen) atoms. The molecule has 1 aromatic heterocycles. The van der Waals surface area contributed by atoms with E-state index < -0.39 is 10.0 Å². The number of nitrogens with zero attached hydrogens (tertiary/aromatic N) is 4. The lowest BCUT2D eigenvalue weighted by Gasteiger charge is -2.32. The Hall–Kier alpha value is -1.42. The van der Waals surface area contributed by atoms with Gasteiger partial charge < -0.3 is 4.90 Å². The number of carbonyl (C=O) groups is 1. The van der Waals surface area contributed by atoms with Crippen LogP contribution in [0.1, 0.15) is 18.5 Å². The summed E-state index contributed by atoms with van der Waals surface area (Å²) in [5.41, 5.74) is 0.915. The molecule has 0 atom stereocenters. The molecular formula is C18H22BrClN4O3S. The zero-order chi connectivity index (χ0) is 20.5. The van der Waals surface area contributed by atoms with E-state index in [4.69, 9.17) is 11.6 Å². The largest absolute Gasteiger partial charge is 0.340 e. The standard InChI is InChI=1S/C18H22BrClN4O3S/c1-22(12-17-16(19)11-21-23(17)2)18(25)13-7-9-24(10-8-13)28(26,27)15-5-3-14(20)4-6-15/h3-6,11,13H,7-10,12H2,1-2H3. The number of piperidine rings is 1. The number of aryl methyl sites for hydroxylation is 1. The number of halogens is 2. The van der Waals surface area contributed by atoms with Crippen LogP contribution in [0.4, 0.5) is 0 Å². The summed E-state index contributed by atoms with van der Waals surface area (Å²) in [6.45, 7) is 1.09. The lowest BCUT2D eigenvalue weighted by molar-refractivity contribution is -0.136. The Morgan fingerprint density at radius 1 is 1.29 bits per heavy atom. The van der Waals surface area contributed by atoms with Crippen LogP contribution in [0.25, 0.3) is 0 Å². The molecule has 0 spiro atoms. The van der Waals surface area contributed by atoms with E-state index >= 15 is 0 Å². The maximum atomic E-state index is 12.8. The van der Waals surface area contributed by atoms with Crippen LogP contribution in [0.2, 0.25) is 5.02 Å². The molecule has 2 heterocycles. The van der Waals surface area contributed by atoms with E-state index in [9.17, 15) is 13.2 Å². The van der Waals surface area contributed by atoms with Gasteiger partial charge in [-0.1, -0.05) is 11.6 Å². The van der Waals surface area contributed by atoms with Crippen LogP contribution in [-0.4, -0.2) is 53.4 Å². The highest BCUT2D eigenvalue weighted by Gasteiger charge is 2.33. The summed E-state index contributed by atoms with van der Waals surface area (Å²) in [7, 11) is 0.0259. The highest BCUT2D eigenvalue weighted by Crippen LogP contribution is 2.26. The SMILES string of the molecule is CN(Cc1c(Br)cnn1C)C(=O)C1CCN(S(=O)(=O)c2ccc(Cl)cc2)CC1. The Morgan fingerprint density at radius 3 is 2.43 bits per heavy atom. The summed E-state index contributed by atoms with van der Waals surface area (Å²) in [4.78, 5) is 14.7. The van der Waals surface area contributed by atoms with Gasteiger partial charge in [0, 0.05) is 38.1 Å². The summed E-state index contributed by atoms with van der Waals surface area (Å²) in [6, 6.07) is 6.15. The Balaban J connectivity index is 1.61. The number of benzene rings is 1. The first-order valence-corrected chi connectivity index (χ1v) is 11.5. The van der Waals surface area contributed by atoms with Gasteiger partial charge in [-0.05, 0) is 53.0 Å². The fourth-order valence-electron chi connectivity index (χ4n) is 3.33. The number of sulfonamides is 1. The fraction of sp³-hybridized carbons (Fsp3) is 0.444. The summed E-state index contributed by atoms with van der Waals surface area (Å²) in [5.74, 6) is -0.162. The molecule has 10 heteroatoms. The molecule has 7 nitrogen and oxygen atoms in total. The van der Waals surface area contributed by atoms with Crippen molar-refractivity contribution < 1.29 is 13.2 Å². The third-order valence-corrected chi connectivity index (χ3v) is 7.86. The number of carbonyl (C=O) groups excluding carboxylic acids is 1. The molecule has 0 N–H and O–H groups in total. The van der Waals surface area contributed by atoms with E-state index in [0.717, 1.165) is 10.2 Å². The van der Waals surface area contributed by atoms with Gasteiger partial charge in [-0.15, -0.1) is 0 Å². The van der Waals surface area contributed by atoms with Crippen molar-refractivity contribution in [2.75, 3.05) is 20.1 Å². The van der Waals surface area contributed by atoms with Crippen LogP contribution in [-0.2, 0) is 28.4 Å². The topological polar surface area (TPSA) is 75.5 Å². The Morgan fingerprint density at radius 2 is 1.89 bits per heavy atom. The maximum Gasteiger partial charge on any atom is 0.243 e. The fourth-order valence-corrected chi connectivity index (χ4v) is 5.40. The quantitative estimate of drug-likeness (QED) is 0.647. The second-order valence-electron chi connectivity index (χ2n) is 6.89. The van der Waals surface area contributed by atoms with Crippen LogP contribution >= 0.6 is 27.5 Å². The molecule has 1 amide bonds. The van der Waals surface area contributed by atoms with Crippen molar-refractivity contribution in [2.45, 2.75) is 24.3 Å². The second kappa shape index (κ2) is 8.52. The molecule has 0 radical (unpaired) electrons. The number of hydrogen-bond acceptors (Lipinski definition) is 4. The summed E-state index contributed by atoms with van der Waals surface area (Å²) in [6.07, 6.45) is 2.71. The van der Waals surface area contributed by atoms with Crippen molar-refractivity contribution in [3.05, 3.63) is 45.7 Å². The van der Waals surface area contributed by atoms with Crippen LogP contribution in [0, 0.1) is 5.92 Å². The van der Waals surface area contributed by atoms with E-state index in [2.05, 4.69) is 21.0 Å². The first-order valence-electron chi connectivity index (χ1n) is 8.87. The van der Waals surface area contributed by atoms with Gasteiger partial charge in [-0.3, -0.25) is 9.48 Å². The zero-order valence-corrected chi connectivity index (χ0v) is 18.8. The van der Waals surface area contributed by atoms with E-state index in [0.29, 0.717) is 37.5 Å². The number of rotatable bonds is 5. The predicted molar refractivity (Wildman–Crippen MR) is 110 cm³/mol. The van der Waals surface area contributed by atoms with Crippen LogP contribution < -0.4 is 0 Å². The average molecular weight is 490 g/mol. The van der Waals surface area contributed by atoms with Crippen molar-refractivity contribution in [1.82, 2.24) is 19.0 Å². The minimum Gasteiger partial charge on any atom is -0.340 e. The molecule has 2 aromatic rings. The average Bonchev–Trinajstić information content (AvgIpc) is 2.99. The van der Waals surface area contributed by atoms with Crippen LogP contribution in [0.3, 0.4) is 0 Å². The van der Waals surface area contributed by atoms with Crippen molar-refractivity contribution in [1.29, 1.82) is 0 Å². The van der Waals surface area contributed by atoms with Crippen molar-refractivity contribution in [2.24, 2.45) is 13.0 Å². The third kappa shape index (κ3) is 4.42. The molecular weight excluding hydrogens is 468 g/mol. The Labute approximate surface area is 178 Å². The molecule has 3 rings (SSSR count). The monoisotopic (exact) mass is 488 g/mol. The second-order valence-corrected chi connectivity index (χ2v) is 10.1. The Bertz CT molecular complexity index is 934. The van der Waals surface area contributed by atoms with Gasteiger partial charge in [-0.2, -0.15) is 9.40 Å². The molecule has 0 aliphatic carbocycles. The van der Waals surface area contributed by atoms with Crippen LogP contribution in [0.15, 0.2) is 39.8 Å². The van der Waals surface area contributed by atoms with E-state index in [1.807, 2.05) is 7.05 Å². The normalized spacial score (nSPS) is 16.3. The van der Waals surface area contributed by atoms with Gasteiger partial charge in [0.1, 0.15) is 0 Å². The molecule has 1 saturated heterocycles. The van der Waals surface area contributed by atoms with Gasteiger partial charge in [0.2, 0.25) is 15.9 Å². The number of aromatic nitrogens is 2. The zero-order valence-electron chi connectivity index (χ0n) is 15.7. The minimum atomic E-state index is -3.57. The van der Waals surface area contributed by atoms with Crippen molar-refractivity contribution >= 4 is 43.5 Å². The molecule has 1 aromatic carbocycles. The lowest BCUT2D eigenvalue weighted by atomic mass is 9.96. The first-order chi connectivity index (χ1) is 13.2. The molecule has 0 bridgehead atoms. The van der Waals surface area contributed by atoms with Gasteiger partial charge >= 0.3 is 0 Å². The summed E-state index contributed by atoms with van der Waals surface area (Å²) >= 11 is 9.29. The first kappa shape index (κ1) is 21.3. The number of amides is 1. The maximum absolute atomic E-state index is 12.8. The summed E-state index contributed by atoms with van der Waals surface area (Å²) < 4.78 is 29.6. The third-order valence-electron chi connectivity index (χ3n) is 5.03. The van der Waals surface area contributed by atoms with E-state index in [-0.39, 0.29) is 16.7 Å².